The molecule has 2 aromatic rings. The zero-order chi connectivity index (χ0) is 15.4. The lowest BCUT2D eigenvalue weighted by atomic mass is 10.3. The number of amides is 1. The van der Waals surface area contributed by atoms with Crippen LogP contribution >= 0.6 is 0 Å². The Labute approximate surface area is 127 Å². The summed E-state index contributed by atoms with van der Waals surface area (Å²) < 4.78 is 10.4. The first kappa shape index (κ1) is 14.3. The summed E-state index contributed by atoms with van der Waals surface area (Å²) in [4.78, 5) is 25.2. The first-order chi connectivity index (χ1) is 10.8. The highest BCUT2D eigenvalue weighted by atomic mass is 16.5. The van der Waals surface area contributed by atoms with E-state index in [-0.39, 0.29) is 12.5 Å². The molecule has 0 aliphatic carbocycles. The molecule has 0 unspecified atom stereocenters. The van der Waals surface area contributed by atoms with Crippen molar-refractivity contribution in [3.05, 3.63) is 30.4 Å². The molecule has 8 heteroatoms. The molecule has 0 saturated carbocycles. The molecule has 0 saturated heterocycles. The number of pyridine rings is 1. The van der Waals surface area contributed by atoms with Crippen LogP contribution in [0, 0.1) is 0 Å². The van der Waals surface area contributed by atoms with Gasteiger partial charge in [0.05, 0.1) is 25.1 Å². The van der Waals surface area contributed by atoms with Crippen LogP contribution < -0.4 is 15.0 Å². The summed E-state index contributed by atoms with van der Waals surface area (Å²) in [5.74, 6) is 1.64. The topological polar surface area (TPSA) is 92.4 Å². The number of hydrogen-bond acceptors (Lipinski definition) is 6. The molecule has 3 rings (SSSR count). The maximum Gasteiger partial charge on any atom is 0.251 e. The molecule has 8 nitrogen and oxygen atoms in total. The zero-order valence-electron chi connectivity index (χ0n) is 12.2. The van der Waals surface area contributed by atoms with Crippen molar-refractivity contribution in [1.82, 2.24) is 15.0 Å². The lowest BCUT2D eigenvalue weighted by Crippen LogP contribution is -2.33. The van der Waals surface area contributed by atoms with Crippen molar-refractivity contribution in [1.29, 1.82) is 0 Å². The summed E-state index contributed by atoms with van der Waals surface area (Å²) >= 11 is 0. The number of carbonyl (C=O) groups excluding carboxylic acids is 1. The molecule has 1 aliphatic rings. The van der Waals surface area contributed by atoms with Gasteiger partial charge in [-0.05, 0) is 12.1 Å². The number of carbonyl (C=O) groups is 1. The Hall–Kier alpha value is -2.61. The van der Waals surface area contributed by atoms with E-state index < -0.39 is 0 Å². The van der Waals surface area contributed by atoms with Crippen molar-refractivity contribution in [2.24, 2.45) is 0 Å². The van der Waals surface area contributed by atoms with Gasteiger partial charge in [0.2, 0.25) is 0 Å². The van der Waals surface area contributed by atoms with E-state index in [2.05, 4.69) is 25.2 Å². The number of hydrogen-bond donors (Lipinski definition) is 2. The quantitative estimate of drug-likeness (QED) is 0.848. The van der Waals surface area contributed by atoms with Crippen LogP contribution in [-0.4, -0.2) is 47.7 Å². The number of anilines is 2. The van der Waals surface area contributed by atoms with E-state index >= 15 is 0 Å². The smallest absolute Gasteiger partial charge is 0.251 e. The van der Waals surface area contributed by atoms with Crippen LogP contribution in [0.2, 0.25) is 0 Å². The molecule has 1 amide bonds. The molecular weight excluding hydrogens is 286 g/mol. The number of rotatable bonds is 5. The number of nitrogens with one attached hydrogen (secondary N) is 2. The number of imidazole rings is 1. The fourth-order valence-corrected chi connectivity index (χ4v) is 2.26. The first-order valence-corrected chi connectivity index (χ1v) is 6.91. The number of aromatic nitrogens is 3. The molecule has 116 valence electrons. The van der Waals surface area contributed by atoms with Gasteiger partial charge in [0.1, 0.15) is 19.0 Å². The minimum atomic E-state index is -0.244. The van der Waals surface area contributed by atoms with E-state index in [1.54, 1.807) is 18.6 Å². The summed E-state index contributed by atoms with van der Waals surface area (Å²) in [7, 11) is 1.47. The van der Waals surface area contributed by atoms with Crippen molar-refractivity contribution in [2.45, 2.75) is 6.54 Å². The first-order valence-electron chi connectivity index (χ1n) is 6.91. The lowest BCUT2D eigenvalue weighted by Gasteiger charge is -2.29. The molecule has 2 N–H and O–H groups in total. The molecule has 1 aliphatic heterocycles. The Bertz CT molecular complexity index is 644. The molecule has 0 aromatic carbocycles. The number of aromatic amines is 1. The molecule has 0 fully saturated rings. The molecule has 3 heterocycles. The van der Waals surface area contributed by atoms with E-state index in [0.717, 1.165) is 5.69 Å². The normalized spacial score (nSPS) is 13.4. The average molecular weight is 303 g/mol. The van der Waals surface area contributed by atoms with E-state index in [0.29, 0.717) is 37.1 Å². The second-order valence-corrected chi connectivity index (χ2v) is 4.85. The van der Waals surface area contributed by atoms with E-state index in [1.807, 2.05) is 6.07 Å². The Morgan fingerprint density at radius 1 is 1.55 bits per heavy atom. The Kier molecular flexibility index (Phi) is 4.19. The summed E-state index contributed by atoms with van der Waals surface area (Å²) in [6, 6.07) is 3.52. The third-order valence-electron chi connectivity index (χ3n) is 3.22. The molecular formula is C14H17N5O3. The SMILES string of the molecule is COCC(=O)Nc1ccc2c(n1)N(Cc1cnc[nH]1)CCO2. The van der Waals surface area contributed by atoms with Crippen molar-refractivity contribution in [3.8, 4) is 5.75 Å². The van der Waals surface area contributed by atoms with Gasteiger partial charge in [0.15, 0.2) is 11.6 Å². The minimum Gasteiger partial charge on any atom is -0.488 e. The van der Waals surface area contributed by atoms with Crippen LogP contribution in [-0.2, 0) is 16.1 Å². The highest BCUT2D eigenvalue weighted by molar-refractivity contribution is 5.91. The van der Waals surface area contributed by atoms with Crippen molar-refractivity contribution in [3.63, 3.8) is 0 Å². The summed E-state index contributed by atoms with van der Waals surface area (Å²) in [6.07, 6.45) is 3.42. The molecule has 0 bridgehead atoms. The number of methoxy groups -OCH3 is 1. The van der Waals surface area contributed by atoms with Gasteiger partial charge in [0.25, 0.3) is 5.91 Å². The number of fused-ring (bicyclic) bond motifs is 1. The highest BCUT2D eigenvalue weighted by Gasteiger charge is 2.21. The second kappa shape index (κ2) is 6.44. The lowest BCUT2D eigenvalue weighted by molar-refractivity contribution is -0.119. The number of H-pyrrole nitrogens is 1. The van der Waals surface area contributed by atoms with E-state index in [4.69, 9.17) is 9.47 Å². The monoisotopic (exact) mass is 303 g/mol. The molecule has 0 radical (unpaired) electrons. The predicted octanol–water partition coefficient (Wildman–Crippen LogP) is 0.789. The molecule has 0 spiro atoms. The highest BCUT2D eigenvalue weighted by Crippen LogP contribution is 2.31. The molecule has 2 aromatic heterocycles. The van der Waals surface area contributed by atoms with Crippen LogP contribution in [0.1, 0.15) is 5.69 Å². The van der Waals surface area contributed by atoms with Gasteiger partial charge in [0, 0.05) is 13.3 Å². The zero-order valence-corrected chi connectivity index (χ0v) is 12.2. The standard InChI is InChI=1S/C14H17N5O3/c1-21-8-13(20)17-12-3-2-11-14(18-12)19(4-5-22-11)7-10-6-15-9-16-10/h2-3,6,9H,4-5,7-8H2,1H3,(H,15,16)(H,17,18,20). The maximum absolute atomic E-state index is 11.6. The Balaban J connectivity index is 1.79. The van der Waals surface area contributed by atoms with Crippen LogP contribution in [0.5, 0.6) is 5.75 Å². The fourth-order valence-electron chi connectivity index (χ4n) is 2.26. The summed E-state index contributed by atoms with van der Waals surface area (Å²) in [5, 5.41) is 2.69. The molecule has 22 heavy (non-hydrogen) atoms. The maximum atomic E-state index is 11.6. The van der Waals surface area contributed by atoms with E-state index in [9.17, 15) is 4.79 Å². The van der Waals surface area contributed by atoms with Gasteiger partial charge in [-0.2, -0.15) is 0 Å². The van der Waals surface area contributed by atoms with Crippen LogP contribution in [0.3, 0.4) is 0 Å². The summed E-state index contributed by atoms with van der Waals surface area (Å²) in [6.45, 7) is 1.96. The number of nitrogens with zero attached hydrogens (tertiary/aromatic N) is 3. The van der Waals surface area contributed by atoms with Gasteiger partial charge in [-0.3, -0.25) is 4.79 Å². The van der Waals surface area contributed by atoms with Gasteiger partial charge >= 0.3 is 0 Å². The van der Waals surface area contributed by atoms with Crippen LogP contribution in [0.25, 0.3) is 0 Å². The van der Waals surface area contributed by atoms with Crippen LogP contribution in [0.4, 0.5) is 11.6 Å². The Morgan fingerprint density at radius 2 is 2.45 bits per heavy atom. The van der Waals surface area contributed by atoms with Crippen molar-refractivity contribution >= 4 is 17.5 Å². The third-order valence-corrected chi connectivity index (χ3v) is 3.22. The predicted molar refractivity (Wildman–Crippen MR) is 79.9 cm³/mol. The van der Waals surface area contributed by atoms with Crippen molar-refractivity contribution < 1.29 is 14.3 Å². The third kappa shape index (κ3) is 3.17. The fraction of sp³-hybridized carbons (Fsp3) is 0.357. The van der Waals surface area contributed by atoms with E-state index in [1.165, 1.54) is 7.11 Å². The van der Waals surface area contributed by atoms with Gasteiger partial charge in [-0.25, -0.2) is 9.97 Å². The van der Waals surface area contributed by atoms with Gasteiger partial charge in [-0.15, -0.1) is 0 Å². The minimum absolute atomic E-state index is 0.00682. The largest absolute Gasteiger partial charge is 0.488 e. The number of ether oxygens (including phenoxy) is 2. The van der Waals surface area contributed by atoms with Crippen molar-refractivity contribution in [2.75, 3.05) is 37.1 Å². The molecule has 0 atom stereocenters. The van der Waals surface area contributed by atoms with Gasteiger partial charge < -0.3 is 24.7 Å². The van der Waals surface area contributed by atoms with Gasteiger partial charge in [-0.1, -0.05) is 0 Å². The second-order valence-electron chi connectivity index (χ2n) is 4.85. The summed E-state index contributed by atoms with van der Waals surface area (Å²) in [5.41, 5.74) is 0.989. The Morgan fingerprint density at radius 3 is 3.23 bits per heavy atom. The van der Waals surface area contributed by atoms with Crippen LogP contribution in [0.15, 0.2) is 24.7 Å². The average Bonchev–Trinajstić information content (AvgIpc) is 3.01.